The Morgan fingerprint density at radius 2 is 2.31 bits per heavy atom. The molecule has 2 N–H and O–H groups in total. The van der Waals surface area contributed by atoms with E-state index in [0.29, 0.717) is 0 Å². The molecule has 5 heteroatoms. The Labute approximate surface area is 94.9 Å². The largest absolute Gasteiger partial charge is 0.335 e. The zero-order chi connectivity index (χ0) is 11.5. The average molecular weight is 219 g/mol. The summed E-state index contributed by atoms with van der Waals surface area (Å²) in [6.07, 6.45) is 8.29. The van der Waals surface area contributed by atoms with Gasteiger partial charge in [-0.05, 0) is 6.92 Å². The van der Waals surface area contributed by atoms with Crippen LogP contribution >= 0.6 is 0 Å². The molecule has 2 rings (SSSR count). The molecule has 0 bridgehead atoms. The van der Waals surface area contributed by atoms with Crippen LogP contribution in [0.15, 0.2) is 24.8 Å². The van der Waals surface area contributed by atoms with Gasteiger partial charge in [0.05, 0.1) is 6.20 Å². The van der Waals surface area contributed by atoms with Crippen molar-refractivity contribution in [2.75, 3.05) is 0 Å². The lowest BCUT2D eigenvalue weighted by atomic mass is 10.1. The van der Waals surface area contributed by atoms with Crippen molar-refractivity contribution in [3.8, 4) is 0 Å². The van der Waals surface area contributed by atoms with Crippen molar-refractivity contribution in [2.45, 2.75) is 25.9 Å². The number of imidazole rings is 1. The molecule has 0 aliphatic rings. The van der Waals surface area contributed by atoms with Crippen LogP contribution in [-0.2, 0) is 20.0 Å². The molecule has 0 amide bonds. The summed E-state index contributed by atoms with van der Waals surface area (Å²) in [7, 11) is 1.89. The zero-order valence-electron chi connectivity index (χ0n) is 9.67. The Morgan fingerprint density at radius 3 is 2.94 bits per heavy atom. The van der Waals surface area contributed by atoms with Crippen LogP contribution in [0.2, 0.25) is 0 Å². The predicted molar refractivity (Wildman–Crippen MR) is 61.7 cm³/mol. The fraction of sp³-hybridized carbons (Fsp3) is 0.455. The molecule has 2 heterocycles. The maximum absolute atomic E-state index is 6.12. The number of hydrogen-bond acceptors (Lipinski definition) is 3. The van der Waals surface area contributed by atoms with Crippen LogP contribution in [0.5, 0.6) is 0 Å². The van der Waals surface area contributed by atoms with E-state index in [0.717, 1.165) is 24.4 Å². The van der Waals surface area contributed by atoms with Crippen molar-refractivity contribution in [3.63, 3.8) is 0 Å². The smallest absolute Gasteiger partial charge is 0.110 e. The summed E-state index contributed by atoms with van der Waals surface area (Å²) < 4.78 is 3.87. The summed E-state index contributed by atoms with van der Waals surface area (Å²) in [6, 6.07) is -0.0404. The van der Waals surface area contributed by atoms with Gasteiger partial charge in [0.15, 0.2) is 0 Å². The van der Waals surface area contributed by atoms with Crippen molar-refractivity contribution >= 4 is 0 Å². The van der Waals surface area contributed by atoms with Gasteiger partial charge in [-0.3, -0.25) is 4.68 Å². The molecule has 0 aromatic carbocycles. The third-order valence-corrected chi connectivity index (χ3v) is 2.70. The van der Waals surface area contributed by atoms with Crippen LogP contribution in [0.4, 0.5) is 0 Å². The quantitative estimate of drug-likeness (QED) is 0.830. The van der Waals surface area contributed by atoms with Crippen molar-refractivity contribution in [3.05, 3.63) is 36.2 Å². The monoisotopic (exact) mass is 219 g/mol. The fourth-order valence-corrected chi connectivity index (χ4v) is 1.76. The van der Waals surface area contributed by atoms with Gasteiger partial charge in [-0.1, -0.05) is 0 Å². The number of rotatable bonds is 4. The Balaban J connectivity index is 2.10. The van der Waals surface area contributed by atoms with Crippen LogP contribution in [0, 0.1) is 0 Å². The standard InChI is InChI=1S/C11H17N5/c1-3-16-5-4-13-11(16)6-10(12)9-7-14-15(2)8-9/h4-5,7-8,10H,3,6,12H2,1-2H3. The molecule has 86 valence electrons. The van der Waals surface area contributed by atoms with E-state index < -0.39 is 0 Å². The van der Waals surface area contributed by atoms with E-state index in [4.69, 9.17) is 5.73 Å². The van der Waals surface area contributed by atoms with Gasteiger partial charge in [-0.25, -0.2) is 4.98 Å². The van der Waals surface area contributed by atoms with Crippen molar-refractivity contribution < 1.29 is 0 Å². The van der Waals surface area contributed by atoms with Crippen molar-refractivity contribution in [1.29, 1.82) is 0 Å². The summed E-state index contributed by atoms with van der Waals surface area (Å²) in [5.74, 6) is 1.03. The van der Waals surface area contributed by atoms with E-state index >= 15 is 0 Å². The van der Waals surface area contributed by atoms with E-state index in [-0.39, 0.29) is 6.04 Å². The molecule has 0 saturated heterocycles. The second-order valence-electron chi connectivity index (χ2n) is 3.89. The van der Waals surface area contributed by atoms with E-state index in [1.807, 2.05) is 31.8 Å². The lowest BCUT2D eigenvalue weighted by Gasteiger charge is -2.10. The number of aromatic nitrogens is 4. The molecule has 0 aliphatic carbocycles. The maximum atomic E-state index is 6.12. The highest BCUT2D eigenvalue weighted by Crippen LogP contribution is 2.14. The van der Waals surface area contributed by atoms with Gasteiger partial charge in [0, 0.05) is 50.2 Å². The molecule has 0 fully saturated rings. The number of nitrogens with zero attached hydrogens (tertiary/aromatic N) is 4. The van der Waals surface area contributed by atoms with E-state index in [9.17, 15) is 0 Å². The minimum Gasteiger partial charge on any atom is -0.335 e. The first-order valence-corrected chi connectivity index (χ1v) is 5.45. The van der Waals surface area contributed by atoms with Crippen LogP contribution < -0.4 is 5.73 Å². The zero-order valence-corrected chi connectivity index (χ0v) is 9.67. The lowest BCUT2D eigenvalue weighted by Crippen LogP contribution is -2.15. The molecule has 0 aliphatic heterocycles. The van der Waals surface area contributed by atoms with Gasteiger partial charge >= 0.3 is 0 Å². The highest BCUT2D eigenvalue weighted by Gasteiger charge is 2.11. The van der Waals surface area contributed by atoms with Gasteiger partial charge < -0.3 is 10.3 Å². The molecule has 2 aromatic rings. The molecular weight excluding hydrogens is 202 g/mol. The summed E-state index contributed by atoms with van der Waals surface area (Å²) >= 11 is 0. The summed E-state index contributed by atoms with van der Waals surface area (Å²) in [5, 5.41) is 4.12. The van der Waals surface area contributed by atoms with Gasteiger partial charge in [0.1, 0.15) is 5.82 Å². The van der Waals surface area contributed by atoms with Gasteiger partial charge in [0.25, 0.3) is 0 Å². The molecular formula is C11H17N5. The first kappa shape index (κ1) is 10.9. The molecule has 2 aromatic heterocycles. The second kappa shape index (κ2) is 4.49. The first-order valence-electron chi connectivity index (χ1n) is 5.45. The van der Waals surface area contributed by atoms with Gasteiger partial charge in [-0.15, -0.1) is 0 Å². The minimum absolute atomic E-state index is 0.0404. The van der Waals surface area contributed by atoms with Crippen LogP contribution in [-0.4, -0.2) is 19.3 Å². The highest BCUT2D eigenvalue weighted by atomic mass is 15.2. The van der Waals surface area contributed by atoms with E-state index in [2.05, 4.69) is 21.6 Å². The Hall–Kier alpha value is -1.62. The van der Waals surface area contributed by atoms with Gasteiger partial charge in [0.2, 0.25) is 0 Å². The minimum atomic E-state index is -0.0404. The molecule has 16 heavy (non-hydrogen) atoms. The van der Waals surface area contributed by atoms with Crippen LogP contribution in [0.3, 0.4) is 0 Å². The molecule has 5 nitrogen and oxygen atoms in total. The number of nitrogens with two attached hydrogens (primary N) is 1. The Morgan fingerprint density at radius 1 is 1.50 bits per heavy atom. The Bertz CT molecular complexity index is 456. The van der Waals surface area contributed by atoms with E-state index in [1.54, 1.807) is 4.68 Å². The average Bonchev–Trinajstić information content (AvgIpc) is 2.86. The normalized spacial score (nSPS) is 12.9. The maximum Gasteiger partial charge on any atom is 0.110 e. The molecule has 1 unspecified atom stereocenters. The second-order valence-corrected chi connectivity index (χ2v) is 3.89. The third kappa shape index (κ3) is 2.14. The number of aryl methyl sites for hydroxylation is 2. The fourth-order valence-electron chi connectivity index (χ4n) is 1.76. The SMILES string of the molecule is CCn1ccnc1CC(N)c1cnn(C)c1. The van der Waals surface area contributed by atoms with Crippen molar-refractivity contribution in [2.24, 2.45) is 12.8 Å². The van der Waals surface area contributed by atoms with Gasteiger partial charge in [-0.2, -0.15) is 5.10 Å². The predicted octanol–water partition coefficient (Wildman–Crippen LogP) is 0.879. The third-order valence-electron chi connectivity index (χ3n) is 2.70. The van der Waals surface area contributed by atoms with E-state index in [1.165, 1.54) is 0 Å². The molecule has 0 saturated carbocycles. The van der Waals surface area contributed by atoms with Crippen molar-refractivity contribution in [1.82, 2.24) is 19.3 Å². The number of hydrogen-bond donors (Lipinski definition) is 1. The summed E-state index contributed by atoms with van der Waals surface area (Å²) in [5.41, 5.74) is 7.17. The summed E-state index contributed by atoms with van der Waals surface area (Å²) in [6.45, 7) is 3.02. The first-order chi connectivity index (χ1) is 7.70. The van der Waals surface area contributed by atoms with Crippen LogP contribution in [0.1, 0.15) is 24.4 Å². The lowest BCUT2D eigenvalue weighted by molar-refractivity contribution is 0.627. The summed E-state index contributed by atoms with van der Waals surface area (Å²) in [4.78, 5) is 4.32. The molecule has 0 spiro atoms. The molecule has 1 atom stereocenters. The topological polar surface area (TPSA) is 61.7 Å². The molecule has 0 radical (unpaired) electrons. The Kier molecular flexibility index (Phi) is 3.05. The highest BCUT2D eigenvalue weighted by molar-refractivity contribution is 5.12. The van der Waals surface area contributed by atoms with Crippen LogP contribution in [0.25, 0.3) is 0 Å².